The molecule has 1 aliphatic heterocycles. The Morgan fingerprint density at radius 1 is 1.30 bits per heavy atom. The Morgan fingerprint density at radius 3 is 2.78 bits per heavy atom. The third kappa shape index (κ3) is 3.53. The number of likely N-dealkylation sites (tertiary alicyclic amines) is 1. The summed E-state index contributed by atoms with van der Waals surface area (Å²) >= 11 is 0. The first-order valence-corrected chi connectivity index (χ1v) is 7.65. The molecule has 0 N–H and O–H groups in total. The fourth-order valence-corrected chi connectivity index (χ4v) is 2.85. The normalized spacial score (nSPS) is 17.7. The number of rotatable bonds is 4. The van der Waals surface area contributed by atoms with E-state index in [-0.39, 0.29) is 17.5 Å². The van der Waals surface area contributed by atoms with Crippen molar-refractivity contribution in [2.45, 2.75) is 19.0 Å². The molecule has 0 radical (unpaired) electrons. The molecule has 0 saturated carbocycles. The van der Waals surface area contributed by atoms with Gasteiger partial charge in [-0.3, -0.25) is 9.69 Å². The average molecular weight is 314 g/mol. The molecule has 1 aromatic heterocycles. The Morgan fingerprint density at radius 2 is 2.04 bits per heavy atom. The molecule has 1 amide bonds. The van der Waals surface area contributed by atoms with E-state index in [4.69, 9.17) is 0 Å². The second kappa shape index (κ2) is 6.83. The molecule has 1 aromatic carbocycles. The second-order valence-electron chi connectivity index (χ2n) is 5.75. The Bertz CT molecular complexity index is 679. The van der Waals surface area contributed by atoms with Crippen LogP contribution in [-0.2, 0) is 6.54 Å². The van der Waals surface area contributed by atoms with Crippen molar-refractivity contribution in [1.29, 1.82) is 0 Å². The van der Waals surface area contributed by atoms with Gasteiger partial charge in [0.1, 0.15) is 11.6 Å². The molecule has 3 rings (SSSR count). The Balaban J connectivity index is 1.62. The van der Waals surface area contributed by atoms with Crippen molar-refractivity contribution in [2.75, 3.05) is 20.1 Å². The van der Waals surface area contributed by atoms with Gasteiger partial charge in [0, 0.05) is 31.5 Å². The summed E-state index contributed by atoms with van der Waals surface area (Å²) in [5.41, 5.74) is 0.141. The number of hydrogen-bond acceptors (Lipinski definition) is 4. The molecule has 1 atom stereocenters. The predicted molar refractivity (Wildman–Crippen MR) is 84.2 cm³/mol. The van der Waals surface area contributed by atoms with Crippen LogP contribution in [0, 0.1) is 5.82 Å². The van der Waals surface area contributed by atoms with E-state index in [1.54, 1.807) is 35.5 Å². The maximum atomic E-state index is 13.8. The first-order chi connectivity index (χ1) is 11.1. The molecule has 120 valence electrons. The summed E-state index contributed by atoms with van der Waals surface area (Å²) in [6, 6.07) is 8.14. The van der Waals surface area contributed by atoms with Gasteiger partial charge in [-0.15, -0.1) is 0 Å². The summed E-state index contributed by atoms with van der Waals surface area (Å²) in [7, 11) is 2.00. The van der Waals surface area contributed by atoms with Crippen molar-refractivity contribution in [1.82, 2.24) is 19.8 Å². The quantitative estimate of drug-likeness (QED) is 0.866. The summed E-state index contributed by atoms with van der Waals surface area (Å²) in [5, 5.41) is 0. The van der Waals surface area contributed by atoms with E-state index in [0.717, 1.165) is 12.2 Å². The first-order valence-electron chi connectivity index (χ1n) is 7.65. The van der Waals surface area contributed by atoms with Crippen LogP contribution in [0.3, 0.4) is 0 Å². The number of aromatic nitrogens is 2. The van der Waals surface area contributed by atoms with Crippen LogP contribution in [0.5, 0.6) is 0 Å². The van der Waals surface area contributed by atoms with Crippen LogP contribution in [0.2, 0.25) is 0 Å². The van der Waals surface area contributed by atoms with Gasteiger partial charge < -0.3 is 4.90 Å². The molecule has 1 saturated heterocycles. The van der Waals surface area contributed by atoms with Crippen LogP contribution in [-0.4, -0.2) is 51.9 Å². The summed E-state index contributed by atoms with van der Waals surface area (Å²) in [5.74, 6) is 0.0517. The third-order valence-electron chi connectivity index (χ3n) is 4.19. The molecule has 0 spiro atoms. The smallest absolute Gasteiger partial charge is 0.256 e. The lowest BCUT2D eigenvalue weighted by atomic mass is 10.2. The van der Waals surface area contributed by atoms with Crippen molar-refractivity contribution in [3.8, 4) is 0 Å². The number of carbonyl (C=O) groups is 1. The molecule has 0 unspecified atom stereocenters. The van der Waals surface area contributed by atoms with Crippen molar-refractivity contribution < 1.29 is 9.18 Å². The van der Waals surface area contributed by atoms with E-state index in [1.807, 2.05) is 7.05 Å². The highest BCUT2D eigenvalue weighted by atomic mass is 19.1. The zero-order valence-corrected chi connectivity index (χ0v) is 13.0. The first kappa shape index (κ1) is 15.6. The molecular weight excluding hydrogens is 295 g/mol. The molecule has 1 fully saturated rings. The molecular formula is C17H19FN4O. The van der Waals surface area contributed by atoms with Crippen LogP contribution in [0.4, 0.5) is 4.39 Å². The molecule has 2 aromatic rings. The van der Waals surface area contributed by atoms with Crippen molar-refractivity contribution in [2.24, 2.45) is 0 Å². The van der Waals surface area contributed by atoms with E-state index in [2.05, 4.69) is 14.9 Å². The van der Waals surface area contributed by atoms with E-state index in [9.17, 15) is 9.18 Å². The van der Waals surface area contributed by atoms with Gasteiger partial charge in [0.25, 0.3) is 5.91 Å². The number of benzene rings is 1. The van der Waals surface area contributed by atoms with E-state index >= 15 is 0 Å². The number of hydrogen-bond donors (Lipinski definition) is 0. The van der Waals surface area contributed by atoms with Gasteiger partial charge in [-0.2, -0.15) is 0 Å². The number of amides is 1. The van der Waals surface area contributed by atoms with Crippen LogP contribution in [0.15, 0.2) is 42.7 Å². The highest BCUT2D eigenvalue weighted by Crippen LogP contribution is 2.19. The molecule has 23 heavy (non-hydrogen) atoms. The molecule has 0 aliphatic carbocycles. The maximum Gasteiger partial charge on any atom is 0.256 e. The minimum absolute atomic E-state index is 0.141. The minimum Gasteiger partial charge on any atom is -0.337 e. The van der Waals surface area contributed by atoms with Crippen LogP contribution >= 0.6 is 0 Å². The van der Waals surface area contributed by atoms with Gasteiger partial charge in [0.05, 0.1) is 12.1 Å². The highest BCUT2D eigenvalue weighted by Gasteiger charge is 2.30. The van der Waals surface area contributed by atoms with Gasteiger partial charge in [-0.05, 0) is 31.7 Å². The molecule has 6 heteroatoms. The molecule has 2 heterocycles. The maximum absolute atomic E-state index is 13.8. The number of likely N-dealkylation sites (N-methyl/N-ethyl adjacent to an activating group) is 1. The standard InChI is InChI=1S/C17H19FN4O/c1-21(12-16-19-8-4-9-20-16)13-7-10-22(11-13)17(23)14-5-2-3-6-15(14)18/h2-6,8-9,13H,7,10-12H2,1H3/t13-/m0/s1. The van der Waals surface area contributed by atoms with Gasteiger partial charge in [-0.1, -0.05) is 12.1 Å². The lowest BCUT2D eigenvalue weighted by Gasteiger charge is -2.24. The topological polar surface area (TPSA) is 49.3 Å². The predicted octanol–water partition coefficient (Wildman–Crippen LogP) is 1.96. The fraction of sp³-hybridized carbons (Fsp3) is 0.353. The Labute approximate surface area is 134 Å². The lowest BCUT2D eigenvalue weighted by molar-refractivity contribution is 0.0774. The average Bonchev–Trinajstić information content (AvgIpc) is 3.06. The summed E-state index contributed by atoms with van der Waals surface area (Å²) in [6.07, 6.45) is 4.31. The largest absolute Gasteiger partial charge is 0.337 e. The number of nitrogens with zero attached hydrogens (tertiary/aromatic N) is 4. The Kier molecular flexibility index (Phi) is 4.62. The minimum atomic E-state index is -0.466. The highest BCUT2D eigenvalue weighted by molar-refractivity contribution is 5.94. The summed E-state index contributed by atoms with van der Waals surface area (Å²) in [6.45, 7) is 1.86. The Hall–Kier alpha value is -2.34. The van der Waals surface area contributed by atoms with Gasteiger partial charge >= 0.3 is 0 Å². The van der Waals surface area contributed by atoms with Gasteiger partial charge in [0.15, 0.2) is 0 Å². The van der Waals surface area contributed by atoms with Crippen molar-refractivity contribution in [3.63, 3.8) is 0 Å². The fourth-order valence-electron chi connectivity index (χ4n) is 2.85. The zero-order valence-electron chi connectivity index (χ0n) is 13.0. The molecule has 5 nitrogen and oxygen atoms in total. The van der Waals surface area contributed by atoms with Crippen LogP contribution in [0.1, 0.15) is 22.6 Å². The zero-order chi connectivity index (χ0) is 16.2. The van der Waals surface area contributed by atoms with Gasteiger partial charge in [-0.25, -0.2) is 14.4 Å². The lowest BCUT2D eigenvalue weighted by Crippen LogP contribution is -2.36. The third-order valence-corrected chi connectivity index (χ3v) is 4.19. The van der Waals surface area contributed by atoms with Crippen LogP contribution in [0.25, 0.3) is 0 Å². The second-order valence-corrected chi connectivity index (χ2v) is 5.75. The van der Waals surface area contributed by atoms with E-state index in [0.29, 0.717) is 19.6 Å². The number of halogens is 1. The molecule has 0 bridgehead atoms. The van der Waals surface area contributed by atoms with Crippen LogP contribution < -0.4 is 0 Å². The summed E-state index contributed by atoms with van der Waals surface area (Å²) < 4.78 is 13.8. The molecule has 1 aliphatic rings. The van der Waals surface area contributed by atoms with Crippen molar-refractivity contribution >= 4 is 5.91 Å². The van der Waals surface area contributed by atoms with E-state index in [1.165, 1.54) is 12.1 Å². The number of carbonyl (C=O) groups excluding carboxylic acids is 1. The van der Waals surface area contributed by atoms with Crippen molar-refractivity contribution in [3.05, 3.63) is 59.9 Å². The monoisotopic (exact) mass is 314 g/mol. The van der Waals surface area contributed by atoms with Gasteiger partial charge in [0.2, 0.25) is 0 Å². The SMILES string of the molecule is CN(Cc1ncccn1)[C@H]1CCN(C(=O)c2ccccc2F)C1. The van der Waals surface area contributed by atoms with E-state index < -0.39 is 5.82 Å². The summed E-state index contributed by atoms with van der Waals surface area (Å²) in [4.78, 5) is 24.7.